The number of benzene rings is 2. The Kier molecular flexibility index (Phi) is 1.82. The van der Waals surface area contributed by atoms with Gasteiger partial charge in [0.1, 0.15) is 0 Å². The number of nitrogens with zero attached hydrogens (tertiary/aromatic N) is 1. The van der Waals surface area contributed by atoms with Crippen molar-refractivity contribution in [2.75, 3.05) is 0 Å². The number of nitrogens with one attached hydrogen (secondary N) is 1. The van der Waals surface area contributed by atoms with E-state index in [1.165, 1.54) is 6.08 Å². The number of hydrogen-bond acceptors (Lipinski definition) is 2. The molecule has 0 saturated carbocycles. The summed E-state index contributed by atoms with van der Waals surface area (Å²) < 4.78 is 0. The van der Waals surface area contributed by atoms with Gasteiger partial charge >= 0.3 is 5.91 Å². The molecule has 4 rings (SSSR count). The van der Waals surface area contributed by atoms with Gasteiger partial charge in [0.15, 0.2) is 0 Å². The van der Waals surface area contributed by atoms with E-state index in [-0.39, 0.29) is 0 Å². The first-order valence-corrected chi connectivity index (χ1v) is 5.92. The molecule has 0 unspecified atom stereocenters. The van der Waals surface area contributed by atoms with Gasteiger partial charge in [-0.25, -0.2) is 4.99 Å². The monoisotopic (exact) mass is 248 g/mol. The average Bonchev–Trinajstić information content (AvgIpc) is 2.79. The van der Waals surface area contributed by atoms with E-state index in [9.17, 15) is 9.59 Å². The molecule has 0 atom stereocenters. The predicted octanol–water partition coefficient (Wildman–Crippen LogP) is 0.830. The third-order valence-corrected chi connectivity index (χ3v) is 3.39. The van der Waals surface area contributed by atoms with Gasteiger partial charge in [-0.3, -0.25) is 9.59 Å². The summed E-state index contributed by atoms with van der Waals surface area (Å²) in [5.74, 6) is -1.27. The average molecular weight is 248 g/mol. The highest BCUT2D eigenvalue weighted by molar-refractivity contribution is 6.48. The number of ketones is 1. The Balaban J connectivity index is 2.35. The SMILES string of the molecule is O=C1C=c2ccc3[nH]c4ccccc4c3c2=NC1=O. The summed E-state index contributed by atoms with van der Waals surface area (Å²) in [6.45, 7) is 0. The predicted molar refractivity (Wildman–Crippen MR) is 71.1 cm³/mol. The fourth-order valence-electron chi connectivity index (χ4n) is 2.54. The van der Waals surface area contributed by atoms with Crippen LogP contribution in [0, 0.1) is 0 Å². The van der Waals surface area contributed by atoms with Gasteiger partial charge in [0, 0.05) is 33.1 Å². The molecule has 4 nitrogen and oxygen atoms in total. The Morgan fingerprint density at radius 3 is 2.68 bits per heavy atom. The fraction of sp³-hybridized carbons (Fsp3) is 0. The van der Waals surface area contributed by atoms with E-state index < -0.39 is 11.7 Å². The number of fused-ring (bicyclic) bond motifs is 5. The van der Waals surface area contributed by atoms with E-state index in [4.69, 9.17) is 0 Å². The summed E-state index contributed by atoms with van der Waals surface area (Å²) in [6, 6.07) is 11.5. The number of rotatable bonds is 0. The zero-order valence-corrected chi connectivity index (χ0v) is 9.81. The number of hydrogen-bond donors (Lipinski definition) is 1. The largest absolute Gasteiger partial charge is 0.354 e. The lowest BCUT2D eigenvalue weighted by molar-refractivity contribution is -0.132. The van der Waals surface area contributed by atoms with Gasteiger partial charge in [0.2, 0.25) is 5.78 Å². The van der Waals surface area contributed by atoms with E-state index in [0.29, 0.717) is 10.6 Å². The fourth-order valence-corrected chi connectivity index (χ4v) is 2.54. The molecule has 1 aliphatic rings. The Morgan fingerprint density at radius 1 is 0.947 bits per heavy atom. The first-order chi connectivity index (χ1) is 9.24. The highest BCUT2D eigenvalue weighted by Crippen LogP contribution is 2.21. The van der Waals surface area contributed by atoms with E-state index in [0.717, 1.165) is 21.8 Å². The summed E-state index contributed by atoms with van der Waals surface area (Å²) >= 11 is 0. The second-order valence-electron chi connectivity index (χ2n) is 4.52. The highest BCUT2D eigenvalue weighted by Gasteiger charge is 2.16. The second-order valence-corrected chi connectivity index (χ2v) is 4.52. The smallest absolute Gasteiger partial charge is 0.318 e. The molecular formula is C15H8N2O2. The summed E-state index contributed by atoms with van der Waals surface area (Å²) in [5.41, 5.74) is 1.91. The molecule has 19 heavy (non-hydrogen) atoms. The molecule has 3 aromatic rings. The van der Waals surface area contributed by atoms with Gasteiger partial charge in [-0.2, -0.15) is 0 Å². The number of aromatic nitrogens is 1. The maximum atomic E-state index is 11.5. The van der Waals surface area contributed by atoms with Crippen LogP contribution < -0.4 is 10.6 Å². The van der Waals surface area contributed by atoms with E-state index in [2.05, 4.69) is 9.98 Å². The molecule has 1 aliphatic heterocycles. The van der Waals surface area contributed by atoms with Crippen LogP contribution in [-0.2, 0) is 9.59 Å². The summed E-state index contributed by atoms with van der Waals surface area (Å²) in [6.07, 6.45) is 1.35. The van der Waals surface area contributed by atoms with Crippen LogP contribution >= 0.6 is 0 Å². The van der Waals surface area contributed by atoms with Crippen LogP contribution in [0.25, 0.3) is 27.9 Å². The zero-order chi connectivity index (χ0) is 13.0. The number of Topliss-reactive ketones (excluding diaryl/α,β-unsaturated/α-hetero) is 1. The lowest BCUT2D eigenvalue weighted by atomic mass is 10.1. The molecule has 0 spiro atoms. The highest BCUT2D eigenvalue weighted by atomic mass is 16.2. The van der Waals surface area contributed by atoms with Crippen molar-refractivity contribution in [1.82, 2.24) is 4.98 Å². The molecule has 0 fully saturated rings. The molecule has 0 radical (unpaired) electrons. The number of carbonyl (C=O) groups excluding carboxylic acids is 2. The minimum absolute atomic E-state index is 0.563. The second kappa shape index (κ2) is 3.38. The Hall–Kier alpha value is -2.75. The van der Waals surface area contributed by atoms with Crippen molar-refractivity contribution < 1.29 is 9.59 Å². The third-order valence-electron chi connectivity index (χ3n) is 3.39. The molecule has 1 N–H and O–H groups in total. The van der Waals surface area contributed by atoms with E-state index in [1.807, 2.05) is 30.3 Å². The molecule has 1 aromatic heterocycles. The molecular weight excluding hydrogens is 240 g/mol. The molecule has 1 amide bonds. The van der Waals surface area contributed by atoms with Crippen molar-refractivity contribution in [2.45, 2.75) is 0 Å². The molecule has 0 bridgehead atoms. The van der Waals surface area contributed by atoms with Crippen LogP contribution in [-0.4, -0.2) is 16.7 Å². The lowest BCUT2D eigenvalue weighted by Crippen LogP contribution is -2.34. The van der Waals surface area contributed by atoms with Gasteiger partial charge in [0.05, 0.1) is 5.36 Å². The van der Waals surface area contributed by atoms with Gasteiger partial charge in [-0.1, -0.05) is 24.3 Å². The maximum Gasteiger partial charge on any atom is 0.318 e. The van der Waals surface area contributed by atoms with Crippen molar-refractivity contribution in [3.8, 4) is 0 Å². The van der Waals surface area contributed by atoms with Crippen LogP contribution in [0.1, 0.15) is 0 Å². The minimum atomic E-state index is -0.703. The zero-order valence-electron chi connectivity index (χ0n) is 9.81. The summed E-state index contributed by atoms with van der Waals surface area (Å²) in [4.78, 5) is 30.1. The maximum absolute atomic E-state index is 11.5. The van der Waals surface area contributed by atoms with Gasteiger partial charge in [0.25, 0.3) is 0 Å². The van der Waals surface area contributed by atoms with Gasteiger partial charge in [-0.15, -0.1) is 0 Å². The van der Waals surface area contributed by atoms with Crippen molar-refractivity contribution in [2.24, 2.45) is 4.99 Å². The molecule has 2 heterocycles. The summed E-state index contributed by atoms with van der Waals surface area (Å²) in [5, 5.41) is 3.18. The van der Waals surface area contributed by atoms with Crippen LogP contribution in [0.2, 0.25) is 0 Å². The topological polar surface area (TPSA) is 62.3 Å². The van der Waals surface area contributed by atoms with Crippen molar-refractivity contribution in [3.05, 3.63) is 47.0 Å². The quantitative estimate of drug-likeness (QED) is 0.599. The van der Waals surface area contributed by atoms with Crippen LogP contribution in [0.3, 0.4) is 0 Å². The van der Waals surface area contributed by atoms with Crippen molar-refractivity contribution in [1.29, 1.82) is 0 Å². The normalized spacial score (nSPS) is 14.3. The van der Waals surface area contributed by atoms with Crippen LogP contribution in [0.5, 0.6) is 0 Å². The molecule has 0 saturated heterocycles. The van der Waals surface area contributed by atoms with E-state index >= 15 is 0 Å². The molecule has 0 aliphatic carbocycles. The first-order valence-electron chi connectivity index (χ1n) is 5.92. The number of aromatic amines is 1. The van der Waals surface area contributed by atoms with Gasteiger partial charge in [-0.05, 0) is 12.1 Å². The number of amides is 1. The Morgan fingerprint density at radius 2 is 1.79 bits per heavy atom. The number of para-hydroxylation sites is 1. The Labute approximate surface area is 107 Å². The third kappa shape index (κ3) is 1.31. The summed E-state index contributed by atoms with van der Waals surface area (Å²) in [7, 11) is 0. The minimum Gasteiger partial charge on any atom is -0.354 e. The lowest BCUT2D eigenvalue weighted by Gasteiger charge is -1.99. The molecule has 2 aromatic carbocycles. The van der Waals surface area contributed by atoms with Crippen LogP contribution in [0.4, 0.5) is 0 Å². The molecule has 90 valence electrons. The molecule has 4 heteroatoms. The van der Waals surface area contributed by atoms with E-state index in [1.54, 1.807) is 6.07 Å². The van der Waals surface area contributed by atoms with Crippen LogP contribution in [0.15, 0.2) is 41.4 Å². The first kappa shape index (κ1) is 10.2. The Bertz CT molecular complexity index is 996. The van der Waals surface area contributed by atoms with Crippen molar-refractivity contribution in [3.63, 3.8) is 0 Å². The van der Waals surface area contributed by atoms with Gasteiger partial charge < -0.3 is 4.98 Å². The number of carbonyl (C=O) groups is 2. The standard InChI is InChI=1S/C15H8N2O2/c18-12-7-8-5-6-11-13(14(8)17-15(12)19)9-3-1-2-4-10(9)16-11/h1-7,16H. The number of H-pyrrole nitrogens is 1. The van der Waals surface area contributed by atoms with Crippen molar-refractivity contribution >= 4 is 39.6 Å².